The van der Waals surface area contributed by atoms with Crippen LogP contribution in [0.15, 0.2) is 48.9 Å². The number of nitrogens with zero attached hydrogens (tertiary/aromatic N) is 4. The summed E-state index contributed by atoms with van der Waals surface area (Å²) in [6, 6.07) is 11.2. The minimum absolute atomic E-state index is 0.0617. The summed E-state index contributed by atoms with van der Waals surface area (Å²) in [7, 11) is 3.26. The fraction of sp³-hybridized carbons (Fsp3) is 0.579. The Morgan fingerprint density at radius 3 is 2.34 bits per heavy atom. The molecule has 4 fully saturated rings. The maximum Gasteiger partial charge on any atom is 0.246 e. The molecule has 0 spiro atoms. The second-order valence-electron chi connectivity index (χ2n) is 14.6. The third kappa shape index (κ3) is 6.96. The van der Waals surface area contributed by atoms with E-state index in [-0.39, 0.29) is 47.3 Å². The number of methoxy groups -OCH3 is 2. The standard InChI is InChI=1S/C38H51N5O4/c1-26(2)43-23-30(22-40-43)29-12-19-39-34(21-29)42(36(45)28-6-9-32(10-7-28)41-35(44)24-46-4)25-37-13-16-38(17-14-37,18-15-37)31-8-11-33(47-5)27(3)20-31/h8,11-12,19-23,26,28,32H,6-7,9-10,13-18,24-25H2,1-5H3,(H,41,44). The van der Waals surface area contributed by atoms with Crippen LogP contribution in [0.4, 0.5) is 5.82 Å². The Bertz CT molecular complexity index is 1550. The lowest BCUT2D eigenvalue weighted by molar-refractivity contribution is -0.126. The van der Waals surface area contributed by atoms with Crippen LogP contribution in [0.25, 0.3) is 11.1 Å². The lowest BCUT2D eigenvalue weighted by Gasteiger charge is -2.55. The molecular weight excluding hydrogens is 590 g/mol. The van der Waals surface area contributed by atoms with Gasteiger partial charge in [0.05, 0.1) is 13.3 Å². The van der Waals surface area contributed by atoms with Gasteiger partial charge in [0.2, 0.25) is 11.8 Å². The molecule has 4 aliphatic carbocycles. The molecule has 9 heteroatoms. The first-order chi connectivity index (χ1) is 22.6. The van der Waals surface area contributed by atoms with Gasteiger partial charge in [-0.2, -0.15) is 5.10 Å². The van der Waals surface area contributed by atoms with Crippen LogP contribution in [-0.2, 0) is 19.7 Å². The topological polar surface area (TPSA) is 98.6 Å². The molecule has 2 aromatic heterocycles. The summed E-state index contributed by atoms with van der Waals surface area (Å²) in [5, 5.41) is 7.63. The molecule has 0 saturated heterocycles. The molecule has 0 aliphatic heterocycles. The number of ether oxygens (including phenoxy) is 2. The smallest absolute Gasteiger partial charge is 0.246 e. The molecule has 3 aromatic rings. The van der Waals surface area contributed by atoms with Crippen LogP contribution in [0.3, 0.4) is 0 Å². The first-order valence-electron chi connectivity index (χ1n) is 17.4. The van der Waals surface area contributed by atoms with Crippen molar-refractivity contribution in [3.8, 4) is 16.9 Å². The van der Waals surface area contributed by atoms with Crippen LogP contribution >= 0.6 is 0 Å². The van der Waals surface area contributed by atoms with Gasteiger partial charge in [0.15, 0.2) is 0 Å². The first kappa shape index (κ1) is 33.2. The van der Waals surface area contributed by atoms with Crippen molar-refractivity contribution in [2.45, 2.75) is 102 Å². The number of rotatable bonds is 11. The van der Waals surface area contributed by atoms with Crippen LogP contribution in [0.5, 0.6) is 5.75 Å². The van der Waals surface area contributed by atoms with Crippen molar-refractivity contribution in [3.63, 3.8) is 0 Å². The van der Waals surface area contributed by atoms with Crippen molar-refractivity contribution in [1.82, 2.24) is 20.1 Å². The molecule has 2 heterocycles. The molecule has 1 aromatic carbocycles. The molecular formula is C38H51N5O4. The molecule has 47 heavy (non-hydrogen) atoms. The molecule has 2 bridgehead atoms. The first-order valence-corrected chi connectivity index (χ1v) is 17.4. The molecule has 4 aliphatic rings. The van der Waals surface area contributed by atoms with E-state index in [2.05, 4.69) is 61.6 Å². The van der Waals surface area contributed by atoms with Gasteiger partial charge in [0, 0.05) is 49.6 Å². The summed E-state index contributed by atoms with van der Waals surface area (Å²) in [6.45, 7) is 7.12. The highest BCUT2D eigenvalue weighted by molar-refractivity contribution is 5.95. The number of carbonyl (C=O) groups excluding carboxylic acids is 2. The zero-order valence-electron chi connectivity index (χ0n) is 28.8. The van der Waals surface area contributed by atoms with Crippen molar-refractivity contribution >= 4 is 17.6 Å². The average Bonchev–Trinajstić information content (AvgIpc) is 3.60. The minimum atomic E-state index is -0.0970. The van der Waals surface area contributed by atoms with E-state index >= 15 is 0 Å². The van der Waals surface area contributed by atoms with Gasteiger partial charge < -0.3 is 14.8 Å². The summed E-state index contributed by atoms with van der Waals surface area (Å²) < 4.78 is 12.5. The lowest BCUT2D eigenvalue weighted by atomic mass is 9.51. The summed E-state index contributed by atoms with van der Waals surface area (Å²) >= 11 is 0. The van der Waals surface area contributed by atoms with E-state index in [0.717, 1.165) is 86.9 Å². The monoisotopic (exact) mass is 641 g/mol. The highest BCUT2D eigenvalue weighted by Gasteiger charge is 2.51. The van der Waals surface area contributed by atoms with Gasteiger partial charge >= 0.3 is 0 Å². The van der Waals surface area contributed by atoms with E-state index in [1.54, 1.807) is 7.11 Å². The largest absolute Gasteiger partial charge is 0.496 e. The van der Waals surface area contributed by atoms with E-state index in [0.29, 0.717) is 6.54 Å². The highest BCUT2D eigenvalue weighted by atomic mass is 16.5. The molecule has 9 nitrogen and oxygen atoms in total. The third-order valence-corrected chi connectivity index (χ3v) is 11.4. The summed E-state index contributed by atoms with van der Waals surface area (Å²) in [5.74, 6) is 1.64. The molecule has 4 saturated carbocycles. The highest BCUT2D eigenvalue weighted by Crippen LogP contribution is 2.58. The number of aromatic nitrogens is 3. The Balaban J connectivity index is 1.23. The molecule has 0 atom stereocenters. The maximum absolute atomic E-state index is 14.5. The molecule has 7 rings (SSSR count). The van der Waals surface area contributed by atoms with Crippen LogP contribution < -0.4 is 15.0 Å². The fourth-order valence-corrected chi connectivity index (χ4v) is 8.37. The number of hydrogen-bond acceptors (Lipinski definition) is 6. The van der Waals surface area contributed by atoms with Crippen molar-refractivity contribution < 1.29 is 19.1 Å². The number of anilines is 1. The van der Waals surface area contributed by atoms with Crippen LogP contribution in [0.2, 0.25) is 0 Å². The van der Waals surface area contributed by atoms with Crippen LogP contribution in [-0.4, -0.2) is 60.0 Å². The van der Waals surface area contributed by atoms with Gasteiger partial charge in [0.25, 0.3) is 0 Å². The van der Waals surface area contributed by atoms with Gasteiger partial charge in [-0.05, 0) is 131 Å². The van der Waals surface area contributed by atoms with E-state index in [1.807, 2.05) is 28.0 Å². The van der Waals surface area contributed by atoms with Crippen LogP contribution in [0.1, 0.15) is 95.2 Å². The third-order valence-electron chi connectivity index (χ3n) is 11.4. The zero-order valence-corrected chi connectivity index (χ0v) is 28.8. The molecule has 0 radical (unpaired) electrons. The number of aryl methyl sites for hydroxylation is 1. The van der Waals surface area contributed by atoms with E-state index in [1.165, 1.54) is 18.2 Å². The van der Waals surface area contributed by atoms with Gasteiger partial charge in [-0.25, -0.2) is 4.98 Å². The molecule has 0 unspecified atom stereocenters. The Hall–Kier alpha value is -3.72. The number of amides is 2. The Kier molecular flexibility index (Phi) is 9.74. The van der Waals surface area contributed by atoms with E-state index in [9.17, 15) is 9.59 Å². The number of carbonyl (C=O) groups is 2. The summed E-state index contributed by atoms with van der Waals surface area (Å²) in [4.78, 5) is 33.5. The predicted octanol–water partition coefficient (Wildman–Crippen LogP) is 6.79. The van der Waals surface area contributed by atoms with Crippen LogP contribution in [0, 0.1) is 18.3 Å². The van der Waals surface area contributed by atoms with Crippen molar-refractivity contribution in [2.24, 2.45) is 11.3 Å². The van der Waals surface area contributed by atoms with Gasteiger partial charge in [0.1, 0.15) is 18.2 Å². The summed E-state index contributed by atoms with van der Waals surface area (Å²) in [5.41, 5.74) is 4.94. The SMILES string of the molecule is COCC(=O)NC1CCC(C(=O)N(CC23CCC(c4ccc(OC)c(C)c4)(CC2)CC3)c2cc(-c3cnn(C(C)C)c3)ccn2)CC1. The predicted molar refractivity (Wildman–Crippen MR) is 184 cm³/mol. The quantitative estimate of drug-likeness (QED) is 0.248. The van der Waals surface area contributed by atoms with Crippen molar-refractivity contribution in [1.29, 1.82) is 0 Å². The van der Waals surface area contributed by atoms with Crippen molar-refractivity contribution in [3.05, 3.63) is 60.0 Å². The number of benzene rings is 1. The minimum Gasteiger partial charge on any atom is -0.496 e. The molecule has 2 amide bonds. The van der Waals surface area contributed by atoms with Crippen molar-refractivity contribution in [2.75, 3.05) is 32.3 Å². The Morgan fingerprint density at radius 2 is 1.72 bits per heavy atom. The second-order valence-corrected chi connectivity index (χ2v) is 14.6. The average molecular weight is 642 g/mol. The van der Waals surface area contributed by atoms with E-state index < -0.39 is 0 Å². The second kappa shape index (κ2) is 13.8. The normalized spacial score (nSPS) is 25.5. The maximum atomic E-state index is 14.5. The zero-order chi connectivity index (χ0) is 33.2. The van der Waals surface area contributed by atoms with Gasteiger partial charge in [-0.1, -0.05) is 12.1 Å². The molecule has 1 N–H and O–H groups in total. The number of fused-ring (bicyclic) bond motifs is 3. The number of nitrogens with one attached hydrogen (secondary N) is 1. The Morgan fingerprint density at radius 1 is 1.00 bits per heavy atom. The Labute approximate surface area is 279 Å². The van der Waals surface area contributed by atoms with Gasteiger partial charge in [-0.3, -0.25) is 19.2 Å². The molecule has 252 valence electrons. The van der Waals surface area contributed by atoms with Gasteiger partial charge in [-0.15, -0.1) is 0 Å². The lowest BCUT2D eigenvalue weighted by Crippen LogP contribution is -2.52. The fourth-order valence-electron chi connectivity index (χ4n) is 8.37. The number of pyridine rings is 1. The summed E-state index contributed by atoms with van der Waals surface area (Å²) in [6.07, 6.45) is 15.6. The number of hydrogen-bond donors (Lipinski definition) is 1. The van der Waals surface area contributed by atoms with E-state index in [4.69, 9.17) is 14.5 Å².